The Balaban J connectivity index is 1.63. The quantitative estimate of drug-likeness (QED) is 0.630. The maximum Gasteiger partial charge on any atom is 0.0622 e. The van der Waals surface area contributed by atoms with Crippen molar-refractivity contribution in [2.45, 2.75) is 45.8 Å². The molecule has 0 spiro atoms. The topological polar surface area (TPSA) is 58.3 Å². The Hall–Kier alpha value is -2.60. The molecule has 156 valence electrons. The van der Waals surface area contributed by atoms with Crippen molar-refractivity contribution in [3.63, 3.8) is 0 Å². The summed E-state index contributed by atoms with van der Waals surface area (Å²) in [6.07, 6.45) is 6.00. The zero-order valence-electron chi connectivity index (χ0n) is 18.0. The highest BCUT2D eigenvalue weighted by atomic mass is 15.4. The molecule has 1 saturated heterocycles. The lowest BCUT2D eigenvalue weighted by Crippen LogP contribution is -2.47. The molecule has 1 aliphatic heterocycles. The van der Waals surface area contributed by atoms with Crippen LogP contribution in [0, 0.1) is 13.8 Å². The molecular weight excluding hydrogens is 370 g/mol. The van der Waals surface area contributed by atoms with E-state index in [-0.39, 0.29) is 0 Å². The fourth-order valence-electron chi connectivity index (χ4n) is 4.30. The molecule has 0 atom stereocenters. The molecule has 30 heavy (non-hydrogen) atoms. The highest BCUT2D eigenvalue weighted by Gasteiger charge is 2.25. The van der Waals surface area contributed by atoms with E-state index in [0.717, 1.165) is 50.4 Å². The first-order valence-corrected chi connectivity index (χ1v) is 10.8. The Bertz CT molecular complexity index is 964. The van der Waals surface area contributed by atoms with Crippen molar-refractivity contribution in [3.05, 3.63) is 83.4 Å². The molecule has 2 aromatic heterocycles. The van der Waals surface area contributed by atoms with Crippen LogP contribution in [0.2, 0.25) is 0 Å². The summed E-state index contributed by atoms with van der Waals surface area (Å²) in [5.74, 6) is 6.03. The number of aromatic nitrogens is 2. The number of nitrogens with zero attached hydrogens (tertiary/aromatic N) is 4. The number of nitrogens with two attached hydrogens (primary N) is 1. The van der Waals surface area contributed by atoms with Gasteiger partial charge in [-0.05, 0) is 49.4 Å². The van der Waals surface area contributed by atoms with E-state index in [1.165, 1.54) is 22.3 Å². The zero-order valence-corrected chi connectivity index (χ0v) is 18.0. The van der Waals surface area contributed by atoms with Crippen molar-refractivity contribution in [1.29, 1.82) is 0 Å². The molecule has 0 radical (unpaired) electrons. The molecule has 0 saturated carbocycles. The van der Waals surface area contributed by atoms with E-state index in [1.807, 2.05) is 23.5 Å². The first-order valence-electron chi connectivity index (χ1n) is 10.8. The van der Waals surface area contributed by atoms with Gasteiger partial charge in [0.2, 0.25) is 0 Å². The summed E-state index contributed by atoms with van der Waals surface area (Å²) in [5, 5.41) is 1.93. The van der Waals surface area contributed by atoms with Crippen LogP contribution in [-0.2, 0) is 13.1 Å². The minimum absolute atomic E-state index is 0.470. The van der Waals surface area contributed by atoms with Gasteiger partial charge in [0.15, 0.2) is 0 Å². The minimum Gasteiger partial charge on any atom is -0.289 e. The number of hydrazine groups is 1. The first-order chi connectivity index (χ1) is 14.6. The summed E-state index contributed by atoms with van der Waals surface area (Å²) in [7, 11) is 0. The molecule has 3 heterocycles. The molecular formula is C25H31N5. The molecule has 1 aliphatic rings. The smallest absolute Gasteiger partial charge is 0.0622 e. The van der Waals surface area contributed by atoms with Crippen molar-refractivity contribution in [3.8, 4) is 11.1 Å². The van der Waals surface area contributed by atoms with Crippen molar-refractivity contribution in [2.75, 3.05) is 13.1 Å². The summed E-state index contributed by atoms with van der Waals surface area (Å²) in [4.78, 5) is 12.1. The summed E-state index contributed by atoms with van der Waals surface area (Å²) < 4.78 is 0. The largest absolute Gasteiger partial charge is 0.289 e. The van der Waals surface area contributed by atoms with Gasteiger partial charge in [0.25, 0.3) is 0 Å². The van der Waals surface area contributed by atoms with Crippen LogP contribution in [0.5, 0.6) is 0 Å². The lowest BCUT2D eigenvalue weighted by molar-refractivity contribution is 0.0949. The van der Waals surface area contributed by atoms with Gasteiger partial charge in [-0.3, -0.25) is 20.7 Å². The summed E-state index contributed by atoms with van der Waals surface area (Å²) in [5.41, 5.74) is 7.13. The van der Waals surface area contributed by atoms with Gasteiger partial charge in [-0.2, -0.15) is 0 Å². The molecule has 5 heteroatoms. The molecule has 1 aromatic carbocycles. The summed E-state index contributed by atoms with van der Waals surface area (Å²) in [6.45, 7) is 7.73. The molecule has 0 aliphatic carbocycles. The molecule has 5 nitrogen and oxygen atoms in total. The predicted octanol–water partition coefficient (Wildman–Crippen LogP) is 4.10. The molecule has 2 N–H and O–H groups in total. The van der Waals surface area contributed by atoms with E-state index >= 15 is 0 Å². The van der Waals surface area contributed by atoms with Gasteiger partial charge in [0.05, 0.1) is 11.4 Å². The van der Waals surface area contributed by atoms with Crippen LogP contribution in [0.15, 0.2) is 60.9 Å². The average molecular weight is 402 g/mol. The van der Waals surface area contributed by atoms with Crippen LogP contribution < -0.4 is 5.84 Å². The van der Waals surface area contributed by atoms with E-state index < -0.39 is 0 Å². The van der Waals surface area contributed by atoms with E-state index in [4.69, 9.17) is 15.8 Å². The second kappa shape index (κ2) is 9.47. The third-order valence-corrected chi connectivity index (χ3v) is 6.02. The second-order valence-electron chi connectivity index (χ2n) is 8.31. The SMILES string of the molecule is Cc1cnc(CN(Cc2ncccc2-c2ccccc2)C2CCN(N)CC2)c(C)c1. The third-order valence-electron chi connectivity index (χ3n) is 6.02. The van der Waals surface area contributed by atoms with E-state index in [9.17, 15) is 0 Å². The molecule has 1 fully saturated rings. The Morgan fingerprint density at radius 2 is 1.70 bits per heavy atom. The number of pyridine rings is 2. The van der Waals surface area contributed by atoms with E-state index in [2.05, 4.69) is 61.2 Å². The summed E-state index contributed by atoms with van der Waals surface area (Å²) >= 11 is 0. The number of benzene rings is 1. The van der Waals surface area contributed by atoms with Crippen molar-refractivity contribution in [1.82, 2.24) is 19.9 Å². The van der Waals surface area contributed by atoms with Crippen LogP contribution in [0.25, 0.3) is 11.1 Å². The van der Waals surface area contributed by atoms with Crippen molar-refractivity contribution in [2.24, 2.45) is 5.84 Å². The molecule has 0 unspecified atom stereocenters. The zero-order chi connectivity index (χ0) is 20.9. The lowest BCUT2D eigenvalue weighted by atomic mass is 10.0. The second-order valence-corrected chi connectivity index (χ2v) is 8.31. The number of hydrogen-bond acceptors (Lipinski definition) is 5. The van der Waals surface area contributed by atoms with Gasteiger partial charge in [-0.15, -0.1) is 0 Å². The van der Waals surface area contributed by atoms with Crippen molar-refractivity contribution < 1.29 is 0 Å². The fraction of sp³-hybridized carbons (Fsp3) is 0.360. The standard InChI is InChI=1S/C25H31N5/c1-19-15-20(2)24(28-16-19)17-29(22-10-13-30(26)14-11-22)18-25-23(9-6-12-27-25)21-7-4-3-5-8-21/h3-9,12,15-16,22H,10-11,13-14,17-18,26H2,1-2H3. The first kappa shape index (κ1) is 20.7. The highest BCUT2D eigenvalue weighted by molar-refractivity contribution is 5.65. The van der Waals surface area contributed by atoms with Crippen LogP contribution >= 0.6 is 0 Å². The fourth-order valence-corrected chi connectivity index (χ4v) is 4.30. The predicted molar refractivity (Wildman–Crippen MR) is 121 cm³/mol. The monoisotopic (exact) mass is 401 g/mol. The number of rotatable bonds is 6. The summed E-state index contributed by atoms with van der Waals surface area (Å²) in [6, 6.07) is 17.4. The Morgan fingerprint density at radius 3 is 2.43 bits per heavy atom. The normalized spacial score (nSPS) is 15.6. The van der Waals surface area contributed by atoms with Gasteiger partial charge in [-0.1, -0.05) is 42.5 Å². The highest BCUT2D eigenvalue weighted by Crippen LogP contribution is 2.26. The van der Waals surface area contributed by atoms with Crippen LogP contribution in [0.3, 0.4) is 0 Å². The van der Waals surface area contributed by atoms with Crippen LogP contribution in [0.1, 0.15) is 35.4 Å². The third kappa shape index (κ3) is 4.93. The maximum atomic E-state index is 6.03. The van der Waals surface area contributed by atoms with Gasteiger partial charge < -0.3 is 0 Å². The minimum atomic E-state index is 0.470. The average Bonchev–Trinajstić information content (AvgIpc) is 2.76. The molecule has 4 rings (SSSR count). The number of aryl methyl sites for hydroxylation is 2. The van der Waals surface area contributed by atoms with Crippen molar-refractivity contribution >= 4 is 0 Å². The van der Waals surface area contributed by atoms with Crippen LogP contribution in [0.4, 0.5) is 0 Å². The van der Waals surface area contributed by atoms with Gasteiger partial charge in [-0.25, -0.2) is 5.01 Å². The Kier molecular flexibility index (Phi) is 6.53. The van der Waals surface area contributed by atoms with Gasteiger partial charge >= 0.3 is 0 Å². The Morgan fingerprint density at radius 1 is 0.967 bits per heavy atom. The Labute approximate surface area is 179 Å². The maximum absolute atomic E-state index is 6.03. The molecule has 0 bridgehead atoms. The van der Waals surface area contributed by atoms with Crippen LogP contribution in [-0.4, -0.2) is 39.0 Å². The number of piperidine rings is 1. The van der Waals surface area contributed by atoms with Gasteiger partial charge in [0.1, 0.15) is 0 Å². The molecule has 0 amide bonds. The lowest BCUT2D eigenvalue weighted by Gasteiger charge is -2.37. The number of hydrogen-bond donors (Lipinski definition) is 1. The molecule has 3 aromatic rings. The van der Waals surface area contributed by atoms with Gasteiger partial charge in [0, 0.05) is 50.2 Å². The van der Waals surface area contributed by atoms with E-state index in [1.54, 1.807) is 0 Å². The van der Waals surface area contributed by atoms with E-state index in [0.29, 0.717) is 6.04 Å².